The Morgan fingerprint density at radius 1 is 1.38 bits per heavy atom. The standard InChI is InChI=1S/C11H15N5/c12-3-5-15-6-8-16(9-7-15)11-10(13)2-1-4-14-11/h1-2,4H,5-9,13H2. The second-order valence-electron chi connectivity index (χ2n) is 3.84. The van der Waals surface area contributed by atoms with E-state index in [1.807, 2.05) is 12.1 Å². The van der Waals surface area contributed by atoms with Crippen molar-refractivity contribution in [1.82, 2.24) is 9.88 Å². The van der Waals surface area contributed by atoms with Gasteiger partial charge in [0.1, 0.15) is 0 Å². The summed E-state index contributed by atoms with van der Waals surface area (Å²) >= 11 is 0. The molecule has 2 rings (SSSR count). The minimum absolute atomic E-state index is 0.505. The smallest absolute Gasteiger partial charge is 0.151 e. The highest BCUT2D eigenvalue weighted by molar-refractivity contribution is 5.62. The molecule has 0 amide bonds. The number of nitriles is 1. The summed E-state index contributed by atoms with van der Waals surface area (Å²) in [6.07, 6.45) is 1.76. The average molecular weight is 217 g/mol. The van der Waals surface area contributed by atoms with Crippen molar-refractivity contribution in [3.05, 3.63) is 18.3 Å². The molecule has 1 aromatic heterocycles. The molecule has 16 heavy (non-hydrogen) atoms. The van der Waals surface area contributed by atoms with Crippen molar-refractivity contribution in [2.75, 3.05) is 43.4 Å². The fourth-order valence-electron chi connectivity index (χ4n) is 1.89. The molecule has 2 N–H and O–H groups in total. The molecule has 1 aliphatic rings. The molecule has 0 aromatic carbocycles. The van der Waals surface area contributed by atoms with Crippen LogP contribution in [0.2, 0.25) is 0 Å². The normalized spacial score (nSPS) is 17.1. The molecule has 2 heterocycles. The van der Waals surface area contributed by atoms with Crippen LogP contribution in [-0.2, 0) is 0 Å². The number of piperazine rings is 1. The van der Waals surface area contributed by atoms with Crippen LogP contribution in [-0.4, -0.2) is 42.6 Å². The average Bonchev–Trinajstić information content (AvgIpc) is 2.31. The third-order valence-corrected chi connectivity index (χ3v) is 2.78. The van der Waals surface area contributed by atoms with Crippen LogP contribution in [0.1, 0.15) is 0 Å². The van der Waals surface area contributed by atoms with Crippen molar-refractivity contribution >= 4 is 11.5 Å². The predicted octanol–water partition coefficient (Wildman–Crippen LogP) is 0.309. The molecule has 0 aliphatic carbocycles. The Hall–Kier alpha value is -1.80. The number of aromatic nitrogens is 1. The molecule has 0 unspecified atom stereocenters. The minimum atomic E-state index is 0.505. The van der Waals surface area contributed by atoms with Crippen LogP contribution in [0.5, 0.6) is 0 Å². The lowest BCUT2D eigenvalue weighted by molar-refractivity contribution is 0.286. The lowest BCUT2D eigenvalue weighted by Crippen LogP contribution is -2.46. The SMILES string of the molecule is N#CCN1CCN(c2ncccc2N)CC1. The summed E-state index contributed by atoms with van der Waals surface area (Å²) in [6, 6.07) is 5.87. The second kappa shape index (κ2) is 4.81. The fraction of sp³-hybridized carbons (Fsp3) is 0.455. The van der Waals surface area contributed by atoms with E-state index in [-0.39, 0.29) is 0 Å². The van der Waals surface area contributed by atoms with Crippen LogP contribution < -0.4 is 10.6 Å². The maximum atomic E-state index is 8.61. The number of hydrogen-bond acceptors (Lipinski definition) is 5. The first-order chi connectivity index (χ1) is 7.81. The van der Waals surface area contributed by atoms with Crippen molar-refractivity contribution in [3.8, 4) is 6.07 Å². The molecule has 0 radical (unpaired) electrons. The fourth-order valence-corrected chi connectivity index (χ4v) is 1.89. The zero-order valence-electron chi connectivity index (χ0n) is 9.13. The lowest BCUT2D eigenvalue weighted by Gasteiger charge is -2.34. The molecule has 1 aliphatic heterocycles. The highest BCUT2D eigenvalue weighted by Gasteiger charge is 2.18. The van der Waals surface area contributed by atoms with Gasteiger partial charge in [-0.25, -0.2) is 4.98 Å². The van der Waals surface area contributed by atoms with E-state index in [1.165, 1.54) is 0 Å². The molecule has 1 saturated heterocycles. The monoisotopic (exact) mass is 217 g/mol. The molecule has 1 fully saturated rings. The third kappa shape index (κ3) is 2.23. The first kappa shape index (κ1) is 10.7. The summed E-state index contributed by atoms with van der Waals surface area (Å²) in [4.78, 5) is 8.59. The van der Waals surface area contributed by atoms with E-state index in [0.717, 1.165) is 37.7 Å². The molecule has 0 bridgehead atoms. The Morgan fingerprint density at radius 3 is 2.75 bits per heavy atom. The van der Waals surface area contributed by atoms with E-state index >= 15 is 0 Å². The van der Waals surface area contributed by atoms with Gasteiger partial charge in [-0.2, -0.15) is 5.26 Å². The number of nitrogens with two attached hydrogens (primary N) is 1. The van der Waals surface area contributed by atoms with Gasteiger partial charge in [0, 0.05) is 32.4 Å². The number of rotatable bonds is 2. The Morgan fingerprint density at radius 2 is 2.12 bits per heavy atom. The minimum Gasteiger partial charge on any atom is -0.396 e. The van der Waals surface area contributed by atoms with Gasteiger partial charge in [0.15, 0.2) is 5.82 Å². The molecule has 5 nitrogen and oxygen atoms in total. The van der Waals surface area contributed by atoms with Gasteiger partial charge in [-0.1, -0.05) is 0 Å². The first-order valence-electron chi connectivity index (χ1n) is 5.36. The van der Waals surface area contributed by atoms with Crippen molar-refractivity contribution < 1.29 is 0 Å². The summed E-state index contributed by atoms with van der Waals surface area (Å²) in [5, 5.41) is 8.61. The largest absolute Gasteiger partial charge is 0.396 e. The van der Waals surface area contributed by atoms with Crippen molar-refractivity contribution in [2.45, 2.75) is 0 Å². The van der Waals surface area contributed by atoms with Gasteiger partial charge < -0.3 is 10.6 Å². The molecule has 0 saturated carbocycles. The highest BCUT2D eigenvalue weighted by atomic mass is 15.3. The zero-order valence-corrected chi connectivity index (χ0v) is 9.13. The zero-order chi connectivity index (χ0) is 11.4. The van der Waals surface area contributed by atoms with Crippen LogP contribution in [0.15, 0.2) is 18.3 Å². The van der Waals surface area contributed by atoms with Crippen LogP contribution in [0.3, 0.4) is 0 Å². The maximum Gasteiger partial charge on any atom is 0.151 e. The van der Waals surface area contributed by atoms with E-state index in [9.17, 15) is 0 Å². The Kier molecular flexibility index (Phi) is 3.22. The van der Waals surface area contributed by atoms with Crippen LogP contribution in [0, 0.1) is 11.3 Å². The summed E-state index contributed by atoms with van der Waals surface area (Å²) in [6.45, 7) is 4.05. The number of pyridine rings is 1. The van der Waals surface area contributed by atoms with E-state index in [2.05, 4.69) is 20.9 Å². The Bertz CT molecular complexity index is 390. The van der Waals surface area contributed by atoms with Crippen molar-refractivity contribution in [2.24, 2.45) is 0 Å². The molecule has 5 heteroatoms. The Balaban J connectivity index is 2.00. The molecule has 0 atom stereocenters. The van der Waals surface area contributed by atoms with Gasteiger partial charge >= 0.3 is 0 Å². The van der Waals surface area contributed by atoms with E-state index in [1.54, 1.807) is 6.20 Å². The van der Waals surface area contributed by atoms with E-state index in [4.69, 9.17) is 11.0 Å². The first-order valence-corrected chi connectivity index (χ1v) is 5.36. The maximum absolute atomic E-state index is 8.61. The number of hydrogen-bond donors (Lipinski definition) is 1. The van der Waals surface area contributed by atoms with E-state index in [0.29, 0.717) is 6.54 Å². The van der Waals surface area contributed by atoms with Gasteiger partial charge in [0.25, 0.3) is 0 Å². The number of nitrogen functional groups attached to an aromatic ring is 1. The predicted molar refractivity (Wildman–Crippen MR) is 62.9 cm³/mol. The Labute approximate surface area is 95.1 Å². The van der Waals surface area contributed by atoms with Gasteiger partial charge in [-0.05, 0) is 12.1 Å². The lowest BCUT2D eigenvalue weighted by atomic mass is 10.3. The third-order valence-electron chi connectivity index (χ3n) is 2.78. The summed E-state index contributed by atoms with van der Waals surface area (Å²) in [7, 11) is 0. The summed E-state index contributed by atoms with van der Waals surface area (Å²) in [5.41, 5.74) is 6.59. The van der Waals surface area contributed by atoms with Gasteiger partial charge in [0.05, 0.1) is 18.3 Å². The van der Waals surface area contributed by atoms with Crippen LogP contribution in [0.4, 0.5) is 11.5 Å². The van der Waals surface area contributed by atoms with Gasteiger partial charge in [-0.15, -0.1) is 0 Å². The quantitative estimate of drug-likeness (QED) is 0.722. The molecular weight excluding hydrogens is 202 g/mol. The van der Waals surface area contributed by atoms with Crippen molar-refractivity contribution in [1.29, 1.82) is 5.26 Å². The van der Waals surface area contributed by atoms with Crippen LogP contribution in [0.25, 0.3) is 0 Å². The number of nitrogens with zero attached hydrogens (tertiary/aromatic N) is 4. The number of anilines is 2. The van der Waals surface area contributed by atoms with Crippen LogP contribution >= 0.6 is 0 Å². The highest BCUT2D eigenvalue weighted by Crippen LogP contribution is 2.20. The summed E-state index contributed by atoms with van der Waals surface area (Å²) in [5.74, 6) is 0.860. The topological polar surface area (TPSA) is 69.2 Å². The summed E-state index contributed by atoms with van der Waals surface area (Å²) < 4.78 is 0. The molecule has 84 valence electrons. The van der Waals surface area contributed by atoms with Gasteiger partial charge in [-0.3, -0.25) is 4.90 Å². The molecule has 0 spiro atoms. The van der Waals surface area contributed by atoms with Crippen molar-refractivity contribution in [3.63, 3.8) is 0 Å². The van der Waals surface area contributed by atoms with Gasteiger partial charge in [0.2, 0.25) is 0 Å². The second-order valence-corrected chi connectivity index (χ2v) is 3.84. The molecule has 1 aromatic rings. The molecular formula is C11H15N5. The van der Waals surface area contributed by atoms with E-state index < -0.39 is 0 Å².